The van der Waals surface area contributed by atoms with Crippen LogP contribution in [0.4, 0.5) is 5.69 Å². The van der Waals surface area contributed by atoms with Gasteiger partial charge in [-0.3, -0.25) is 0 Å². The van der Waals surface area contributed by atoms with Crippen molar-refractivity contribution in [1.29, 1.82) is 0 Å². The summed E-state index contributed by atoms with van der Waals surface area (Å²) in [6, 6.07) is 14.6. The average molecular weight is 271 g/mol. The van der Waals surface area contributed by atoms with Crippen molar-refractivity contribution in [2.75, 3.05) is 11.9 Å². The molecule has 0 radical (unpaired) electrons. The zero-order valence-corrected chi connectivity index (χ0v) is 11.3. The van der Waals surface area contributed by atoms with E-state index in [1.165, 1.54) is 0 Å². The molecule has 2 rings (SSSR count). The van der Waals surface area contributed by atoms with Crippen LogP contribution in [0.25, 0.3) is 0 Å². The minimum Gasteiger partial charge on any atom is -0.494 e. The van der Waals surface area contributed by atoms with Crippen molar-refractivity contribution in [3.05, 3.63) is 59.7 Å². The number of nitrogens with one attached hydrogen (secondary N) is 1. The first-order valence-electron chi connectivity index (χ1n) is 6.48. The molecule has 0 spiro atoms. The second-order valence-corrected chi connectivity index (χ2v) is 4.32. The van der Waals surface area contributed by atoms with Crippen molar-refractivity contribution >= 4 is 11.7 Å². The van der Waals surface area contributed by atoms with Gasteiger partial charge in [0.1, 0.15) is 5.75 Å². The molecule has 2 N–H and O–H groups in total. The van der Waals surface area contributed by atoms with Gasteiger partial charge in [0.25, 0.3) is 0 Å². The Morgan fingerprint density at radius 1 is 1.20 bits per heavy atom. The summed E-state index contributed by atoms with van der Waals surface area (Å²) >= 11 is 0. The monoisotopic (exact) mass is 271 g/mol. The summed E-state index contributed by atoms with van der Waals surface area (Å²) in [7, 11) is 0. The molecule has 0 aliphatic carbocycles. The first kappa shape index (κ1) is 13.9. The average Bonchev–Trinajstić information content (AvgIpc) is 2.46. The molecule has 4 nitrogen and oxygen atoms in total. The second-order valence-electron chi connectivity index (χ2n) is 4.32. The van der Waals surface area contributed by atoms with Crippen molar-refractivity contribution in [3.8, 4) is 5.75 Å². The number of aromatic carboxylic acids is 1. The molecule has 2 aromatic rings. The van der Waals surface area contributed by atoms with Gasteiger partial charge >= 0.3 is 5.97 Å². The van der Waals surface area contributed by atoms with Gasteiger partial charge in [-0.05, 0) is 36.8 Å². The molecule has 0 heterocycles. The van der Waals surface area contributed by atoms with Crippen LogP contribution in [0.3, 0.4) is 0 Å². The highest BCUT2D eigenvalue weighted by Gasteiger charge is 2.03. The summed E-state index contributed by atoms with van der Waals surface area (Å²) in [4.78, 5) is 10.9. The Kier molecular flexibility index (Phi) is 4.60. The lowest BCUT2D eigenvalue weighted by atomic mass is 10.1. The van der Waals surface area contributed by atoms with Gasteiger partial charge in [0.15, 0.2) is 0 Å². The Hall–Kier alpha value is -2.49. The van der Waals surface area contributed by atoms with E-state index >= 15 is 0 Å². The third kappa shape index (κ3) is 3.75. The minimum absolute atomic E-state index is 0.298. The third-order valence-electron chi connectivity index (χ3n) is 2.82. The van der Waals surface area contributed by atoms with Gasteiger partial charge in [0, 0.05) is 18.3 Å². The van der Waals surface area contributed by atoms with E-state index < -0.39 is 5.97 Å². The molecule has 0 saturated heterocycles. The fourth-order valence-corrected chi connectivity index (χ4v) is 1.88. The second kappa shape index (κ2) is 6.61. The molecule has 2 aromatic carbocycles. The molecule has 0 aliphatic heterocycles. The molecule has 0 unspecified atom stereocenters. The quantitative estimate of drug-likeness (QED) is 0.845. The smallest absolute Gasteiger partial charge is 0.335 e. The summed E-state index contributed by atoms with van der Waals surface area (Å²) in [5.41, 5.74) is 2.16. The van der Waals surface area contributed by atoms with Gasteiger partial charge in [0.2, 0.25) is 0 Å². The highest BCUT2D eigenvalue weighted by Crippen LogP contribution is 2.18. The van der Waals surface area contributed by atoms with Crippen LogP contribution < -0.4 is 10.1 Å². The first-order valence-corrected chi connectivity index (χ1v) is 6.48. The van der Waals surface area contributed by atoms with E-state index in [0.29, 0.717) is 18.7 Å². The van der Waals surface area contributed by atoms with Crippen molar-refractivity contribution in [3.63, 3.8) is 0 Å². The number of carboxylic acids is 1. The standard InChI is InChI=1S/C16H17NO3/c1-2-20-15-8-4-7-14(10-15)17-11-12-5-3-6-13(9-12)16(18)19/h3-10,17H,2,11H2,1H3,(H,18,19). The Bertz CT molecular complexity index is 596. The van der Waals surface area contributed by atoms with E-state index in [1.807, 2.05) is 37.3 Å². The molecule has 0 amide bonds. The number of carboxylic acid groups (broad SMARTS) is 1. The van der Waals surface area contributed by atoms with Gasteiger partial charge < -0.3 is 15.2 Å². The summed E-state index contributed by atoms with van der Waals surface area (Å²) in [6.07, 6.45) is 0. The van der Waals surface area contributed by atoms with Gasteiger partial charge in [-0.25, -0.2) is 4.79 Å². The maximum atomic E-state index is 10.9. The topological polar surface area (TPSA) is 58.6 Å². The number of rotatable bonds is 6. The predicted molar refractivity (Wildman–Crippen MR) is 78.3 cm³/mol. The zero-order chi connectivity index (χ0) is 14.4. The van der Waals surface area contributed by atoms with Crippen molar-refractivity contribution in [1.82, 2.24) is 0 Å². The van der Waals surface area contributed by atoms with Crippen LogP contribution in [-0.2, 0) is 6.54 Å². The molecule has 0 saturated carbocycles. The van der Waals surface area contributed by atoms with E-state index in [0.717, 1.165) is 17.0 Å². The minimum atomic E-state index is -0.912. The molecule has 20 heavy (non-hydrogen) atoms. The molecule has 0 fully saturated rings. The van der Waals surface area contributed by atoms with E-state index in [-0.39, 0.29) is 0 Å². The normalized spacial score (nSPS) is 10.1. The number of hydrogen-bond acceptors (Lipinski definition) is 3. The molecule has 0 bridgehead atoms. The van der Waals surface area contributed by atoms with Crippen LogP contribution in [0.5, 0.6) is 5.75 Å². The van der Waals surface area contributed by atoms with Crippen LogP contribution >= 0.6 is 0 Å². The van der Waals surface area contributed by atoms with E-state index in [2.05, 4.69) is 5.32 Å². The Morgan fingerprint density at radius 3 is 2.75 bits per heavy atom. The van der Waals surface area contributed by atoms with E-state index in [9.17, 15) is 4.79 Å². The van der Waals surface area contributed by atoms with Crippen molar-refractivity contribution in [2.24, 2.45) is 0 Å². The SMILES string of the molecule is CCOc1cccc(NCc2cccc(C(=O)O)c2)c1. The molecule has 4 heteroatoms. The van der Waals surface area contributed by atoms with Gasteiger partial charge in [-0.2, -0.15) is 0 Å². The molecular weight excluding hydrogens is 254 g/mol. The zero-order valence-electron chi connectivity index (χ0n) is 11.3. The lowest BCUT2D eigenvalue weighted by Gasteiger charge is -2.09. The van der Waals surface area contributed by atoms with Crippen LogP contribution in [-0.4, -0.2) is 17.7 Å². The lowest BCUT2D eigenvalue weighted by Crippen LogP contribution is -2.02. The van der Waals surface area contributed by atoms with Gasteiger partial charge in [-0.15, -0.1) is 0 Å². The predicted octanol–water partition coefficient (Wildman–Crippen LogP) is 3.40. The number of benzene rings is 2. The van der Waals surface area contributed by atoms with Crippen LogP contribution in [0.1, 0.15) is 22.8 Å². The van der Waals surface area contributed by atoms with Gasteiger partial charge in [-0.1, -0.05) is 18.2 Å². The maximum Gasteiger partial charge on any atom is 0.335 e. The number of anilines is 1. The van der Waals surface area contributed by atoms with E-state index in [4.69, 9.17) is 9.84 Å². The molecule has 0 aromatic heterocycles. The van der Waals surface area contributed by atoms with Gasteiger partial charge in [0.05, 0.1) is 12.2 Å². The largest absolute Gasteiger partial charge is 0.494 e. The fourth-order valence-electron chi connectivity index (χ4n) is 1.88. The van der Waals surface area contributed by atoms with Crippen LogP contribution in [0, 0.1) is 0 Å². The Morgan fingerprint density at radius 2 is 2.00 bits per heavy atom. The van der Waals surface area contributed by atoms with E-state index in [1.54, 1.807) is 18.2 Å². The van der Waals surface area contributed by atoms with Crippen LogP contribution in [0.2, 0.25) is 0 Å². The van der Waals surface area contributed by atoms with Crippen molar-refractivity contribution in [2.45, 2.75) is 13.5 Å². The molecule has 0 aliphatic rings. The maximum absolute atomic E-state index is 10.9. The Balaban J connectivity index is 2.03. The fraction of sp³-hybridized carbons (Fsp3) is 0.188. The summed E-state index contributed by atoms with van der Waals surface area (Å²) in [5, 5.41) is 12.2. The molecule has 0 atom stereocenters. The number of carbonyl (C=O) groups is 1. The lowest BCUT2D eigenvalue weighted by molar-refractivity contribution is 0.0697. The highest BCUT2D eigenvalue weighted by molar-refractivity contribution is 5.87. The number of hydrogen-bond donors (Lipinski definition) is 2. The highest BCUT2D eigenvalue weighted by atomic mass is 16.5. The summed E-state index contributed by atoms with van der Waals surface area (Å²) in [6.45, 7) is 3.14. The summed E-state index contributed by atoms with van der Waals surface area (Å²) < 4.78 is 5.43. The van der Waals surface area contributed by atoms with Crippen LogP contribution in [0.15, 0.2) is 48.5 Å². The molecule has 104 valence electrons. The number of ether oxygens (including phenoxy) is 1. The molecular formula is C16H17NO3. The Labute approximate surface area is 118 Å². The first-order chi connectivity index (χ1) is 9.69. The summed E-state index contributed by atoms with van der Waals surface area (Å²) in [5.74, 6) is -0.0954. The third-order valence-corrected chi connectivity index (χ3v) is 2.82. The van der Waals surface area contributed by atoms with Crippen molar-refractivity contribution < 1.29 is 14.6 Å².